The van der Waals surface area contributed by atoms with Crippen molar-refractivity contribution in [2.45, 2.75) is 66.4 Å². The van der Waals surface area contributed by atoms with E-state index in [1.165, 1.54) is 39.3 Å². The number of aromatic nitrogens is 2. The number of aliphatic hydroxyl groups is 1. The van der Waals surface area contributed by atoms with Gasteiger partial charge in [0.05, 0.1) is 58.2 Å². The van der Waals surface area contributed by atoms with E-state index in [0.29, 0.717) is 6.20 Å². The lowest BCUT2D eigenvalue weighted by Gasteiger charge is -2.35. The summed E-state index contributed by atoms with van der Waals surface area (Å²) in [5, 5.41) is 9.72. The van der Waals surface area contributed by atoms with Crippen molar-refractivity contribution in [3.8, 4) is 0 Å². The highest BCUT2D eigenvalue weighted by Gasteiger charge is 2.35. The van der Waals surface area contributed by atoms with Crippen LogP contribution in [0.4, 0.5) is 4.39 Å². The van der Waals surface area contributed by atoms with Gasteiger partial charge in [0.15, 0.2) is 0 Å². The topological polar surface area (TPSA) is 149 Å². The number of quaternary nitrogens is 2. The van der Waals surface area contributed by atoms with Gasteiger partial charge in [-0.05, 0) is 41.5 Å². The van der Waals surface area contributed by atoms with E-state index in [1.807, 2.05) is 0 Å². The maximum absolute atomic E-state index is 13.2. The Bertz CT molecular complexity index is 851. The van der Waals surface area contributed by atoms with Crippen molar-refractivity contribution < 1.29 is 38.3 Å². The third-order valence-electron chi connectivity index (χ3n) is 5.84. The number of hydrogen-bond acceptors (Lipinski definition) is 8. The molecule has 0 amide bonds. The van der Waals surface area contributed by atoms with E-state index in [0.717, 1.165) is 4.57 Å². The predicted molar refractivity (Wildman–Crippen MR) is 131 cm³/mol. The van der Waals surface area contributed by atoms with E-state index >= 15 is 0 Å². The van der Waals surface area contributed by atoms with E-state index in [9.17, 15) is 28.9 Å². The first-order valence-corrected chi connectivity index (χ1v) is 14.6. The molecule has 206 valence electrons. The Morgan fingerprint density at radius 1 is 1.11 bits per heavy atom. The summed E-state index contributed by atoms with van der Waals surface area (Å²) in [7, 11) is 0. The molecule has 3 atom stereocenters. The molecule has 1 aliphatic rings. The molecule has 0 aliphatic carbocycles. The molecule has 2 rings (SSSR count). The largest absolute Gasteiger partial charge is 0.812 e. The normalized spacial score (nSPS) is 19.8. The van der Waals surface area contributed by atoms with Gasteiger partial charge in [-0.2, -0.15) is 4.39 Å². The van der Waals surface area contributed by atoms with Gasteiger partial charge in [-0.1, -0.05) is 6.72 Å². The van der Waals surface area contributed by atoms with Crippen LogP contribution in [0.5, 0.6) is 0 Å². The molecule has 0 bridgehead atoms. The van der Waals surface area contributed by atoms with Crippen LogP contribution in [0.25, 0.3) is 0 Å². The summed E-state index contributed by atoms with van der Waals surface area (Å²) in [6.45, 7) is 16.1. The van der Waals surface area contributed by atoms with Crippen molar-refractivity contribution >= 4 is 18.5 Å². The second-order valence-corrected chi connectivity index (χ2v) is 10.4. The molecule has 11 nitrogen and oxygen atoms in total. The summed E-state index contributed by atoms with van der Waals surface area (Å²) in [5.41, 5.74) is -2.09. The molecule has 1 fully saturated rings. The van der Waals surface area contributed by atoms with E-state index in [-0.39, 0.29) is 6.42 Å². The van der Waals surface area contributed by atoms with E-state index < -0.39 is 48.8 Å². The molecule has 0 radical (unpaired) electrons. The van der Waals surface area contributed by atoms with Crippen LogP contribution in [0.3, 0.4) is 0 Å². The molecule has 1 aliphatic heterocycles. The molecule has 0 spiro atoms. The van der Waals surface area contributed by atoms with Crippen LogP contribution in [0, 0.1) is 5.82 Å². The average Bonchev–Trinajstić information content (AvgIpc) is 3.18. The Balaban J connectivity index is 0.000000680. The van der Waals surface area contributed by atoms with Gasteiger partial charge in [0.2, 0.25) is 5.82 Å². The minimum absolute atomic E-state index is 0.111. The number of ether oxygens (including phenoxy) is 1. The van der Waals surface area contributed by atoms with Crippen molar-refractivity contribution in [3.05, 3.63) is 32.9 Å². The maximum Gasteiger partial charge on any atom is 0.330 e. The highest BCUT2D eigenvalue weighted by Crippen LogP contribution is 2.32. The Hall–Kier alpha value is -1.02. The average molecular weight is 545 g/mol. The fraction of sp³-hybridized carbons (Fsp3) is 0.810. The van der Waals surface area contributed by atoms with Gasteiger partial charge in [0.25, 0.3) is 5.56 Å². The molecule has 14 heteroatoms. The molecule has 0 saturated carbocycles. The zero-order valence-electron chi connectivity index (χ0n) is 21.5. The Labute approximate surface area is 211 Å². The first-order valence-electron chi connectivity index (χ1n) is 12.0. The van der Waals surface area contributed by atoms with E-state index in [1.54, 1.807) is 14.8 Å². The summed E-state index contributed by atoms with van der Waals surface area (Å²) < 4.78 is 23.5. The van der Waals surface area contributed by atoms with Crippen molar-refractivity contribution in [3.63, 3.8) is 0 Å². The van der Waals surface area contributed by atoms with Crippen LogP contribution in [-0.2, 0) is 21.1 Å². The number of aliphatic hydroxyl groups excluding tert-OH is 1. The highest BCUT2D eigenvalue weighted by molar-refractivity contribution is 8.05. The number of nitrogens with zero attached hydrogens (tertiary/aromatic N) is 1. The van der Waals surface area contributed by atoms with Crippen molar-refractivity contribution in [1.82, 2.24) is 9.55 Å². The Morgan fingerprint density at radius 3 is 1.94 bits per heavy atom. The smallest absolute Gasteiger partial charge is 0.330 e. The SMILES string of the molecule is CC[NH+](CC)CC.CC[NH+](CC)CC.O=c1[nH]c(=O)n([C@H]2C[C@H](O)[C@@H](COP([O-])([O-])=S)O2)cc1F. The van der Waals surface area contributed by atoms with Gasteiger partial charge in [0, 0.05) is 6.42 Å². The summed E-state index contributed by atoms with van der Waals surface area (Å²) in [6, 6.07) is 0. The van der Waals surface area contributed by atoms with Crippen molar-refractivity contribution in [2.75, 3.05) is 45.9 Å². The number of rotatable bonds is 10. The molecule has 4 N–H and O–H groups in total. The number of aromatic amines is 1. The second kappa shape index (κ2) is 17.4. The molecule has 0 unspecified atom stereocenters. The molecule has 1 aromatic heterocycles. The van der Waals surface area contributed by atoms with Crippen molar-refractivity contribution in [2.24, 2.45) is 0 Å². The third-order valence-corrected chi connectivity index (χ3v) is 6.62. The van der Waals surface area contributed by atoms with Gasteiger partial charge in [0.1, 0.15) is 12.3 Å². The van der Waals surface area contributed by atoms with Crippen LogP contribution >= 0.6 is 6.72 Å². The standard InChI is InChI=1S/C9H12FN2O7PS.2C6H15N/c10-4-2-12(9(15)11-8(4)14)7-1-5(13)6(19-7)3-18-20(16,17)21;2*1-4-7(5-2)6-3/h2,5-7,13H,1,3H2,(H,11,14,15)(H2,16,17,21);2*4-6H2,1-3H3/t5-,6+,7+;;/m0../s1. The van der Waals surface area contributed by atoms with Gasteiger partial charge < -0.3 is 34.0 Å². The van der Waals surface area contributed by atoms with Crippen LogP contribution in [0.15, 0.2) is 15.8 Å². The number of H-pyrrole nitrogens is 1. The summed E-state index contributed by atoms with van der Waals surface area (Å²) >= 11 is 4.03. The quantitative estimate of drug-likeness (QED) is 0.230. The zero-order valence-corrected chi connectivity index (χ0v) is 23.3. The lowest BCUT2D eigenvalue weighted by atomic mass is 10.2. The van der Waals surface area contributed by atoms with Crippen molar-refractivity contribution in [1.29, 1.82) is 0 Å². The number of nitrogens with one attached hydrogen (secondary N) is 3. The summed E-state index contributed by atoms with van der Waals surface area (Å²) in [5.74, 6) is -1.19. The fourth-order valence-corrected chi connectivity index (χ4v) is 3.89. The molecule has 35 heavy (non-hydrogen) atoms. The second-order valence-electron chi connectivity index (χ2n) is 7.94. The monoisotopic (exact) mass is 544 g/mol. The lowest BCUT2D eigenvalue weighted by molar-refractivity contribution is -0.894. The fourth-order valence-electron chi connectivity index (χ4n) is 3.38. The van der Waals surface area contributed by atoms with Gasteiger partial charge in [-0.15, -0.1) is 11.8 Å². The number of hydrogen-bond donors (Lipinski definition) is 4. The molecule has 1 aromatic rings. The van der Waals surface area contributed by atoms with E-state index in [2.05, 4.69) is 57.9 Å². The predicted octanol–water partition coefficient (Wildman–Crippen LogP) is -2.85. The number of halogens is 1. The van der Waals surface area contributed by atoms with Crippen LogP contribution < -0.4 is 30.8 Å². The third kappa shape index (κ3) is 13.2. The van der Waals surface area contributed by atoms with Gasteiger partial charge in [-0.25, -0.2) is 4.79 Å². The van der Waals surface area contributed by atoms with Crippen LogP contribution in [0.1, 0.15) is 54.2 Å². The summed E-state index contributed by atoms with van der Waals surface area (Å²) in [6.07, 6.45) is -2.72. The molecule has 0 aromatic carbocycles. The molecule has 2 heterocycles. The first-order chi connectivity index (χ1) is 16.4. The van der Waals surface area contributed by atoms with Crippen LogP contribution in [-0.4, -0.2) is 72.7 Å². The Kier molecular flexibility index (Phi) is 16.9. The lowest BCUT2D eigenvalue weighted by Crippen LogP contribution is -3.11. The summed E-state index contributed by atoms with van der Waals surface area (Å²) in [4.78, 5) is 49.0. The van der Waals surface area contributed by atoms with Crippen LogP contribution in [0.2, 0.25) is 0 Å². The van der Waals surface area contributed by atoms with Gasteiger partial charge >= 0.3 is 5.69 Å². The van der Waals surface area contributed by atoms with Gasteiger partial charge in [-0.3, -0.25) is 14.3 Å². The molecular weight excluding hydrogens is 502 g/mol. The minimum Gasteiger partial charge on any atom is -0.812 e. The Morgan fingerprint density at radius 2 is 1.57 bits per heavy atom. The van der Waals surface area contributed by atoms with E-state index in [4.69, 9.17) is 4.74 Å². The zero-order chi connectivity index (χ0) is 27.2. The molecular formula is C21H42FN4O7PS. The maximum atomic E-state index is 13.2. The highest BCUT2D eigenvalue weighted by atomic mass is 32.5. The first kappa shape index (κ1) is 34.0. The molecule has 1 saturated heterocycles. The minimum atomic E-state index is -4.39.